The molecule has 0 unspecified atom stereocenters. The van der Waals surface area contributed by atoms with E-state index in [-0.39, 0.29) is 5.91 Å². The molecule has 0 saturated carbocycles. The minimum absolute atomic E-state index is 0.0290. The summed E-state index contributed by atoms with van der Waals surface area (Å²) in [6.07, 6.45) is 11.8. The smallest absolute Gasteiger partial charge is 0.252 e. The van der Waals surface area contributed by atoms with Gasteiger partial charge in [0, 0.05) is 44.6 Å². The Morgan fingerprint density at radius 2 is 1.72 bits per heavy atom. The number of piperazine rings is 1. The molecule has 1 aromatic heterocycles. The van der Waals surface area contributed by atoms with Gasteiger partial charge < -0.3 is 15.1 Å². The van der Waals surface area contributed by atoms with Crippen LogP contribution in [0.15, 0.2) is 60.4 Å². The number of aromatic nitrogens is 1. The maximum absolute atomic E-state index is 12.6. The molecule has 1 fully saturated rings. The van der Waals surface area contributed by atoms with E-state index in [0.717, 1.165) is 38.3 Å². The number of amides is 1. The van der Waals surface area contributed by atoms with Crippen molar-refractivity contribution < 1.29 is 4.79 Å². The van der Waals surface area contributed by atoms with Crippen LogP contribution < -0.4 is 15.1 Å². The maximum atomic E-state index is 12.6. The van der Waals surface area contributed by atoms with Crippen molar-refractivity contribution in [2.45, 2.75) is 32.1 Å². The van der Waals surface area contributed by atoms with Crippen LogP contribution >= 0.6 is 0 Å². The van der Waals surface area contributed by atoms with E-state index in [9.17, 15) is 4.79 Å². The monoisotopic (exact) mass is 390 g/mol. The molecule has 1 saturated heterocycles. The predicted octanol–water partition coefficient (Wildman–Crippen LogP) is 4.03. The summed E-state index contributed by atoms with van der Waals surface area (Å²) in [5.41, 5.74) is 4.43. The third kappa shape index (κ3) is 5.17. The zero-order valence-corrected chi connectivity index (χ0v) is 17.0. The minimum atomic E-state index is -0.0290. The SMILES string of the molecule is O=C(NCCC1=CCCCC1)c1cncc(N2CCN(c3ccccc3)CC2)c1. The van der Waals surface area contributed by atoms with Crippen LogP contribution in [0, 0.1) is 0 Å². The van der Waals surface area contributed by atoms with Crippen LogP contribution in [0.2, 0.25) is 0 Å². The lowest BCUT2D eigenvalue weighted by Crippen LogP contribution is -2.46. The number of nitrogens with zero attached hydrogens (tertiary/aromatic N) is 3. The molecule has 0 bridgehead atoms. The van der Waals surface area contributed by atoms with Crippen LogP contribution in [0.3, 0.4) is 0 Å². The van der Waals surface area contributed by atoms with Crippen molar-refractivity contribution in [1.29, 1.82) is 0 Å². The summed E-state index contributed by atoms with van der Waals surface area (Å²) in [5.74, 6) is -0.0290. The molecule has 1 aliphatic carbocycles. The number of pyridine rings is 1. The van der Waals surface area contributed by atoms with Gasteiger partial charge in [-0.25, -0.2) is 0 Å². The standard InChI is InChI=1S/C24H30N4O/c29-24(26-12-11-20-7-3-1-4-8-20)21-17-23(19-25-18-21)28-15-13-27(14-16-28)22-9-5-2-6-10-22/h2,5-7,9-10,17-19H,1,3-4,8,11-16H2,(H,26,29). The Morgan fingerprint density at radius 3 is 2.45 bits per heavy atom. The van der Waals surface area contributed by atoms with Crippen molar-refractivity contribution in [3.8, 4) is 0 Å². The van der Waals surface area contributed by atoms with E-state index in [0.29, 0.717) is 12.1 Å². The zero-order chi connectivity index (χ0) is 19.9. The zero-order valence-electron chi connectivity index (χ0n) is 17.0. The normalized spacial score (nSPS) is 17.0. The highest BCUT2D eigenvalue weighted by Crippen LogP contribution is 2.21. The van der Waals surface area contributed by atoms with Gasteiger partial charge in [-0.2, -0.15) is 0 Å². The second kappa shape index (κ2) is 9.59. The Balaban J connectivity index is 1.30. The van der Waals surface area contributed by atoms with Crippen LogP contribution in [0.5, 0.6) is 0 Å². The molecule has 0 radical (unpaired) electrons. The Hall–Kier alpha value is -2.82. The summed E-state index contributed by atoms with van der Waals surface area (Å²) in [6, 6.07) is 12.5. The Labute approximate surface area is 173 Å². The largest absolute Gasteiger partial charge is 0.368 e. The number of carbonyl (C=O) groups is 1. The average Bonchev–Trinajstić information content (AvgIpc) is 2.80. The highest BCUT2D eigenvalue weighted by molar-refractivity contribution is 5.94. The van der Waals surface area contributed by atoms with Crippen LogP contribution in [0.4, 0.5) is 11.4 Å². The lowest BCUT2D eigenvalue weighted by molar-refractivity contribution is 0.0953. The molecule has 0 atom stereocenters. The third-order valence-electron chi connectivity index (χ3n) is 5.87. The predicted molar refractivity (Wildman–Crippen MR) is 119 cm³/mol. The summed E-state index contributed by atoms with van der Waals surface area (Å²) in [5, 5.41) is 3.06. The molecule has 2 heterocycles. The second-order valence-electron chi connectivity index (χ2n) is 7.86. The molecule has 1 amide bonds. The molecule has 5 nitrogen and oxygen atoms in total. The molecule has 29 heavy (non-hydrogen) atoms. The fourth-order valence-electron chi connectivity index (χ4n) is 4.16. The molecule has 4 rings (SSSR count). The number of carbonyl (C=O) groups excluding carboxylic acids is 1. The lowest BCUT2D eigenvalue weighted by Gasteiger charge is -2.37. The molecule has 2 aromatic rings. The van der Waals surface area contributed by atoms with Gasteiger partial charge in [-0.1, -0.05) is 29.8 Å². The van der Waals surface area contributed by atoms with Crippen molar-refractivity contribution in [2.75, 3.05) is 42.5 Å². The van der Waals surface area contributed by atoms with E-state index < -0.39 is 0 Å². The van der Waals surface area contributed by atoms with Gasteiger partial charge >= 0.3 is 0 Å². The third-order valence-corrected chi connectivity index (χ3v) is 5.87. The topological polar surface area (TPSA) is 48.5 Å². The Morgan fingerprint density at radius 1 is 0.966 bits per heavy atom. The molecular formula is C24H30N4O. The van der Waals surface area contributed by atoms with E-state index >= 15 is 0 Å². The number of hydrogen-bond acceptors (Lipinski definition) is 4. The molecule has 1 N–H and O–H groups in total. The molecule has 0 spiro atoms. The van der Waals surface area contributed by atoms with Crippen molar-refractivity contribution in [3.63, 3.8) is 0 Å². The van der Waals surface area contributed by atoms with Gasteiger partial charge in [-0.15, -0.1) is 0 Å². The highest BCUT2D eigenvalue weighted by atomic mass is 16.1. The van der Waals surface area contributed by atoms with Crippen molar-refractivity contribution >= 4 is 17.3 Å². The second-order valence-corrected chi connectivity index (χ2v) is 7.86. The number of nitrogens with one attached hydrogen (secondary N) is 1. The summed E-state index contributed by atoms with van der Waals surface area (Å²) in [7, 11) is 0. The van der Waals surface area contributed by atoms with Gasteiger partial charge in [0.2, 0.25) is 0 Å². The van der Waals surface area contributed by atoms with E-state index in [1.807, 2.05) is 18.3 Å². The summed E-state index contributed by atoms with van der Waals surface area (Å²) >= 11 is 0. The number of para-hydroxylation sites is 1. The first-order chi connectivity index (χ1) is 14.3. The first kappa shape index (κ1) is 19.5. The van der Waals surface area contributed by atoms with Gasteiger partial charge in [0.15, 0.2) is 0 Å². The van der Waals surface area contributed by atoms with Gasteiger partial charge in [0.1, 0.15) is 0 Å². The van der Waals surface area contributed by atoms with E-state index in [4.69, 9.17) is 0 Å². The number of benzene rings is 1. The molecule has 5 heteroatoms. The van der Waals surface area contributed by atoms with E-state index in [1.165, 1.54) is 36.9 Å². The number of rotatable bonds is 6. The summed E-state index contributed by atoms with van der Waals surface area (Å²) < 4.78 is 0. The van der Waals surface area contributed by atoms with Crippen LogP contribution in [0.25, 0.3) is 0 Å². The van der Waals surface area contributed by atoms with Crippen molar-refractivity contribution in [3.05, 3.63) is 66.0 Å². The highest BCUT2D eigenvalue weighted by Gasteiger charge is 2.18. The quantitative estimate of drug-likeness (QED) is 0.757. The first-order valence-corrected chi connectivity index (χ1v) is 10.8. The number of allylic oxidation sites excluding steroid dienone is 1. The van der Waals surface area contributed by atoms with E-state index in [2.05, 4.69) is 50.4 Å². The molecular weight excluding hydrogens is 360 g/mol. The molecule has 152 valence electrons. The number of anilines is 2. The van der Waals surface area contributed by atoms with Crippen LogP contribution in [0.1, 0.15) is 42.5 Å². The molecule has 1 aliphatic heterocycles. The van der Waals surface area contributed by atoms with Gasteiger partial charge in [-0.3, -0.25) is 9.78 Å². The van der Waals surface area contributed by atoms with Gasteiger partial charge in [0.25, 0.3) is 5.91 Å². The van der Waals surface area contributed by atoms with E-state index in [1.54, 1.807) is 6.20 Å². The molecule has 2 aliphatic rings. The number of hydrogen-bond donors (Lipinski definition) is 1. The Kier molecular flexibility index (Phi) is 6.45. The van der Waals surface area contributed by atoms with Crippen molar-refractivity contribution in [2.24, 2.45) is 0 Å². The van der Waals surface area contributed by atoms with Crippen LogP contribution in [-0.4, -0.2) is 43.6 Å². The lowest BCUT2D eigenvalue weighted by atomic mass is 9.97. The van der Waals surface area contributed by atoms with Crippen LogP contribution in [-0.2, 0) is 0 Å². The van der Waals surface area contributed by atoms with Crippen molar-refractivity contribution in [1.82, 2.24) is 10.3 Å². The first-order valence-electron chi connectivity index (χ1n) is 10.8. The molecule has 1 aromatic carbocycles. The fraction of sp³-hybridized carbons (Fsp3) is 0.417. The van der Waals surface area contributed by atoms with Gasteiger partial charge in [0.05, 0.1) is 17.4 Å². The minimum Gasteiger partial charge on any atom is -0.368 e. The summed E-state index contributed by atoms with van der Waals surface area (Å²) in [4.78, 5) is 21.6. The fourth-order valence-corrected chi connectivity index (χ4v) is 4.16. The average molecular weight is 391 g/mol. The summed E-state index contributed by atoms with van der Waals surface area (Å²) in [6.45, 7) is 4.49. The maximum Gasteiger partial charge on any atom is 0.252 e. The Bertz CT molecular complexity index is 841. The van der Waals surface area contributed by atoms with Gasteiger partial charge in [-0.05, 0) is 50.3 Å².